The molecule has 0 aliphatic heterocycles. The largest absolute Gasteiger partial charge is 0.291 e. The Bertz CT molecular complexity index is 598. The van der Waals surface area contributed by atoms with E-state index < -0.39 is 22.3 Å². The molecule has 1 aromatic carbocycles. The van der Waals surface area contributed by atoms with Crippen molar-refractivity contribution in [1.82, 2.24) is 15.2 Å². The summed E-state index contributed by atoms with van der Waals surface area (Å²) in [6.45, 7) is 0. The Labute approximate surface area is 99.0 Å². The molecule has 0 spiro atoms. The summed E-state index contributed by atoms with van der Waals surface area (Å²) in [6, 6.07) is 2.58. The topological polar surface area (TPSA) is 114 Å². The van der Waals surface area contributed by atoms with Crippen molar-refractivity contribution >= 4 is 17.5 Å². The average Bonchev–Trinajstić information content (AvgIpc) is 2.80. The summed E-state index contributed by atoms with van der Waals surface area (Å²) in [4.78, 5) is 25.0. The number of H-pyrrole nitrogens is 1. The van der Waals surface area contributed by atoms with Crippen LogP contribution in [0.1, 0.15) is 10.4 Å². The van der Waals surface area contributed by atoms with Gasteiger partial charge in [-0.15, -0.1) is 0 Å². The number of nitro benzene ring substituents is 1. The van der Waals surface area contributed by atoms with Gasteiger partial charge in [0.15, 0.2) is 0 Å². The van der Waals surface area contributed by atoms with Crippen LogP contribution >= 0.6 is 0 Å². The number of carbonyl (C=O) groups excluding carboxylic acids is 1. The summed E-state index contributed by atoms with van der Waals surface area (Å²) < 4.78 is 13.1. The van der Waals surface area contributed by atoms with Crippen LogP contribution in [0.25, 0.3) is 0 Å². The van der Waals surface area contributed by atoms with Gasteiger partial charge in [-0.2, -0.15) is 10.1 Å². The molecular weight excluding hydrogens is 245 g/mol. The van der Waals surface area contributed by atoms with E-state index in [0.717, 1.165) is 18.2 Å². The molecule has 0 radical (unpaired) electrons. The van der Waals surface area contributed by atoms with E-state index in [2.05, 4.69) is 20.5 Å². The second-order valence-corrected chi connectivity index (χ2v) is 3.24. The van der Waals surface area contributed by atoms with Crippen LogP contribution in [0.3, 0.4) is 0 Å². The van der Waals surface area contributed by atoms with Crippen LogP contribution in [0.4, 0.5) is 16.0 Å². The maximum Gasteiger partial charge on any atom is 0.273 e. The second-order valence-electron chi connectivity index (χ2n) is 3.24. The quantitative estimate of drug-likeness (QED) is 0.626. The van der Waals surface area contributed by atoms with Crippen molar-refractivity contribution in [3.05, 3.63) is 46.0 Å². The minimum atomic E-state index is -0.869. The smallest absolute Gasteiger partial charge is 0.273 e. The molecule has 0 fully saturated rings. The Hall–Kier alpha value is -2.84. The first-order chi connectivity index (χ1) is 8.56. The van der Waals surface area contributed by atoms with Crippen molar-refractivity contribution in [3.8, 4) is 0 Å². The SMILES string of the molecule is O=C(Nc1ncn[nH]1)c1cc(F)cc([N+](=O)[O-])c1. The highest BCUT2D eigenvalue weighted by Crippen LogP contribution is 2.16. The zero-order valence-corrected chi connectivity index (χ0v) is 8.75. The number of nitro groups is 1. The maximum atomic E-state index is 13.1. The molecule has 0 unspecified atom stereocenters. The molecule has 0 bridgehead atoms. The number of anilines is 1. The Kier molecular flexibility index (Phi) is 2.96. The fourth-order valence-corrected chi connectivity index (χ4v) is 1.26. The first-order valence-electron chi connectivity index (χ1n) is 4.68. The third-order valence-corrected chi connectivity index (χ3v) is 2.00. The van der Waals surface area contributed by atoms with Crippen LogP contribution in [0.15, 0.2) is 24.5 Å². The Morgan fingerprint density at radius 1 is 1.44 bits per heavy atom. The lowest BCUT2D eigenvalue weighted by atomic mass is 10.2. The summed E-state index contributed by atoms with van der Waals surface area (Å²) in [7, 11) is 0. The van der Waals surface area contributed by atoms with Gasteiger partial charge in [-0.05, 0) is 6.07 Å². The van der Waals surface area contributed by atoms with E-state index in [0.29, 0.717) is 0 Å². The van der Waals surface area contributed by atoms with Crippen molar-refractivity contribution in [1.29, 1.82) is 0 Å². The molecule has 1 amide bonds. The number of nitrogens with one attached hydrogen (secondary N) is 2. The third-order valence-electron chi connectivity index (χ3n) is 2.00. The zero-order chi connectivity index (χ0) is 13.1. The molecule has 8 nitrogen and oxygen atoms in total. The van der Waals surface area contributed by atoms with E-state index in [9.17, 15) is 19.3 Å². The molecule has 92 valence electrons. The molecule has 0 aliphatic rings. The maximum absolute atomic E-state index is 13.1. The highest BCUT2D eigenvalue weighted by molar-refractivity contribution is 6.03. The first kappa shape index (κ1) is 11.6. The minimum absolute atomic E-state index is 0.0620. The number of amides is 1. The Morgan fingerprint density at radius 2 is 2.22 bits per heavy atom. The fraction of sp³-hybridized carbons (Fsp3) is 0. The van der Waals surface area contributed by atoms with Crippen molar-refractivity contribution in [2.24, 2.45) is 0 Å². The van der Waals surface area contributed by atoms with Crippen LogP contribution in [-0.4, -0.2) is 26.0 Å². The minimum Gasteiger partial charge on any atom is -0.291 e. The predicted octanol–water partition coefficient (Wildman–Crippen LogP) is 1.10. The molecule has 0 saturated heterocycles. The number of hydrogen-bond acceptors (Lipinski definition) is 5. The van der Waals surface area contributed by atoms with E-state index in [4.69, 9.17) is 0 Å². The number of aromatic amines is 1. The van der Waals surface area contributed by atoms with Crippen LogP contribution in [0, 0.1) is 15.9 Å². The van der Waals surface area contributed by atoms with Crippen molar-refractivity contribution < 1.29 is 14.1 Å². The van der Waals surface area contributed by atoms with Gasteiger partial charge in [0.25, 0.3) is 11.6 Å². The normalized spacial score (nSPS) is 10.1. The molecule has 2 rings (SSSR count). The number of nitrogens with zero attached hydrogens (tertiary/aromatic N) is 3. The Morgan fingerprint density at radius 3 is 2.83 bits per heavy atom. The number of carbonyl (C=O) groups is 1. The van der Waals surface area contributed by atoms with E-state index in [1.165, 1.54) is 6.33 Å². The second kappa shape index (κ2) is 4.57. The zero-order valence-electron chi connectivity index (χ0n) is 8.75. The lowest BCUT2D eigenvalue weighted by Crippen LogP contribution is -2.13. The van der Waals surface area contributed by atoms with Crippen LogP contribution in [-0.2, 0) is 0 Å². The van der Waals surface area contributed by atoms with Crippen molar-refractivity contribution in [2.75, 3.05) is 5.32 Å². The van der Waals surface area contributed by atoms with Crippen molar-refractivity contribution in [3.63, 3.8) is 0 Å². The van der Waals surface area contributed by atoms with Gasteiger partial charge in [0.05, 0.1) is 11.0 Å². The van der Waals surface area contributed by atoms with Crippen LogP contribution < -0.4 is 5.32 Å². The number of halogens is 1. The summed E-state index contributed by atoms with van der Waals surface area (Å²) in [5.41, 5.74) is -0.684. The van der Waals surface area contributed by atoms with Crippen LogP contribution in [0.2, 0.25) is 0 Å². The van der Waals surface area contributed by atoms with Crippen LogP contribution in [0.5, 0.6) is 0 Å². The van der Waals surface area contributed by atoms with Gasteiger partial charge in [-0.3, -0.25) is 20.2 Å². The van der Waals surface area contributed by atoms with Gasteiger partial charge in [0.2, 0.25) is 5.95 Å². The highest BCUT2D eigenvalue weighted by Gasteiger charge is 2.15. The number of benzene rings is 1. The predicted molar refractivity (Wildman–Crippen MR) is 57.4 cm³/mol. The number of rotatable bonds is 3. The lowest BCUT2D eigenvalue weighted by Gasteiger charge is -2.01. The standard InChI is InChI=1S/C9H6FN5O3/c10-6-1-5(2-7(3-6)15(17)18)8(16)13-9-11-4-12-14-9/h1-4H,(H2,11,12,13,14,16). The summed E-state index contributed by atoms with van der Waals surface area (Å²) in [5, 5.41) is 18.7. The van der Waals surface area contributed by atoms with Gasteiger partial charge in [0, 0.05) is 11.6 Å². The molecule has 1 heterocycles. The number of hydrogen-bond donors (Lipinski definition) is 2. The van der Waals surface area contributed by atoms with Gasteiger partial charge >= 0.3 is 0 Å². The molecule has 2 N–H and O–H groups in total. The molecule has 0 atom stereocenters. The summed E-state index contributed by atoms with van der Waals surface area (Å²) in [5.74, 6) is -1.53. The molecule has 0 aliphatic carbocycles. The van der Waals surface area contributed by atoms with Crippen molar-refractivity contribution in [2.45, 2.75) is 0 Å². The van der Waals surface area contributed by atoms with E-state index in [1.807, 2.05) is 0 Å². The number of aromatic nitrogens is 3. The van der Waals surface area contributed by atoms with E-state index in [1.54, 1.807) is 0 Å². The summed E-state index contributed by atoms with van der Waals surface area (Å²) in [6.07, 6.45) is 1.17. The molecular formula is C9H6FN5O3. The fourth-order valence-electron chi connectivity index (χ4n) is 1.26. The van der Waals surface area contributed by atoms with E-state index >= 15 is 0 Å². The monoisotopic (exact) mass is 251 g/mol. The van der Waals surface area contributed by atoms with E-state index in [-0.39, 0.29) is 11.5 Å². The molecule has 1 aromatic heterocycles. The third kappa shape index (κ3) is 2.45. The van der Waals surface area contributed by atoms with Gasteiger partial charge in [-0.25, -0.2) is 9.49 Å². The summed E-state index contributed by atoms with van der Waals surface area (Å²) >= 11 is 0. The average molecular weight is 251 g/mol. The van der Waals surface area contributed by atoms with Gasteiger partial charge in [0.1, 0.15) is 12.1 Å². The highest BCUT2D eigenvalue weighted by atomic mass is 19.1. The molecule has 0 saturated carbocycles. The van der Waals surface area contributed by atoms with Gasteiger partial charge in [-0.1, -0.05) is 0 Å². The molecule has 9 heteroatoms. The number of non-ortho nitro benzene ring substituents is 1. The first-order valence-corrected chi connectivity index (χ1v) is 4.68. The molecule has 2 aromatic rings. The lowest BCUT2D eigenvalue weighted by molar-refractivity contribution is -0.385. The Balaban J connectivity index is 2.27. The van der Waals surface area contributed by atoms with Gasteiger partial charge < -0.3 is 0 Å². The molecule has 18 heavy (non-hydrogen) atoms.